The molecule has 2 aromatic rings. The van der Waals surface area contributed by atoms with Crippen molar-refractivity contribution in [2.24, 2.45) is 0 Å². The Morgan fingerprint density at radius 1 is 1.44 bits per heavy atom. The maximum absolute atomic E-state index is 12.1. The number of rotatable bonds is 2. The molecule has 2 N–H and O–H groups in total. The fraction of sp³-hybridized carbons (Fsp3) is 0.250. The molecule has 0 spiro atoms. The van der Waals surface area contributed by atoms with E-state index in [2.05, 4.69) is 20.8 Å². The van der Waals surface area contributed by atoms with E-state index in [0.717, 1.165) is 11.3 Å². The molecule has 1 amide bonds. The van der Waals surface area contributed by atoms with E-state index in [1.165, 1.54) is 0 Å². The van der Waals surface area contributed by atoms with E-state index in [0.29, 0.717) is 12.4 Å². The number of nitrogens with one attached hydrogen (secondary N) is 2. The van der Waals surface area contributed by atoms with Gasteiger partial charge in [-0.3, -0.25) is 10.1 Å². The van der Waals surface area contributed by atoms with Crippen molar-refractivity contribution in [2.45, 2.75) is 12.8 Å². The van der Waals surface area contributed by atoms with Gasteiger partial charge in [-0.1, -0.05) is 23.3 Å². The Bertz CT molecular complexity index is 593. The van der Waals surface area contributed by atoms with Gasteiger partial charge in [0.15, 0.2) is 0 Å². The SMILES string of the molecule is Cc1nnc(NC(=O)C2CNc3ccccc32)o1. The zero-order chi connectivity index (χ0) is 12.5. The number of nitrogens with zero attached hydrogens (tertiary/aromatic N) is 2. The third-order valence-corrected chi connectivity index (χ3v) is 2.91. The van der Waals surface area contributed by atoms with Crippen LogP contribution in [0.2, 0.25) is 0 Å². The van der Waals surface area contributed by atoms with Gasteiger partial charge in [-0.05, 0) is 11.6 Å². The molecule has 0 aliphatic carbocycles. The fourth-order valence-corrected chi connectivity index (χ4v) is 2.06. The normalized spacial score (nSPS) is 17.1. The molecular formula is C12H12N4O2. The molecule has 18 heavy (non-hydrogen) atoms. The molecule has 0 radical (unpaired) electrons. The number of carbonyl (C=O) groups excluding carboxylic acids is 1. The summed E-state index contributed by atoms with van der Waals surface area (Å²) in [6.07, 6.45) is 0. The quantitative estimate of drug-likeness (QED) is 0.837. The minimum Gasteiger partial charge on any atom is -0.408 e. The van der Waals surface area contributed by atoms with Crippen LogP contribution < -0.4 is 10.6 Å². The van der Waals surface area contributed by atoms with Crippen molar-refractivity contribution in [1.29, 1.82) is 0 Å². The summed E-state index contributed by atoms with van der Waals surface area (Å²) >= 11 is 0. The van der Waals surface area contributed by atoms with Gasteiger partial charge in [-0.25, -0.2) is 0 Å². The highest BCUT2D eigenvalue weighted by Gasteiger charge is 2.28. The first-order valence-corrected chi connectivity index (χ1v) is 5.68. The Balaban J connectivity index is 1.78. The van der Waals surface area contributed by atoms with Crippen LogP contribution >= 0.6 is 0 Å². The second kappa shape index (κ2) is 4.14. The summed E-state index contributed by atoms with van der Waals surface area (Å²) in [6.45, 7) is 2.26. The second-order valence-corrected chi connectivity index (χ2v) is 4.14. The van der Waals surface area contributed by atoms with Gasteiger partial charge >= 0.3 is 6.01 Å². The van der Waals surface area contributed by atoms with Gasteiger partial charge in [0.25, 0.3) is 0 Å². The first kappa shape index (κ1) is 10.8. The van der Waals surface area contributed by atoms with Gasteiger partial charge in [0.1, 0.15) is 0 Å². The van der Waals surface area contributed by atoms with E-state index in [1.54, 1.807) is 6.92 Å². The number of hydrogen-bond acceptors (Lipinski definition) is 5. The van der Waals surface area contributed by atoms with Crippen molar-refractivity contribution in [3.63, 3.8) is 0 Å². The van der Waals surface area contributed by atoms with Gasteiger partial charge in [-0.2, -0.15) is 0 Å². The molecule has 6 nitrogen and oxygen atoms in total. The molecule has 6 heteroatoms. The zero-order valence-electron chi connectivity index (χ0n) is 9.80. The number of carbonyl (C=O) groups is 1. The molecule has 1 aliphatic heterocycles. The van der Waals surface area contributed by atoms with Crippen LogP contribution in [0.5, 0.6) is 0 Å². The fourth-order valence-electron chi connectivity index (χ4n) is 2.06. The predicted octanol–water partition coefficient (Wildman–Crippen LogP) is 1.53. The topological polar surface area (TPSA) is 80.0 Å². The average molecular weight is 244 g/mol. The highest BCUT2D eigenvalue weighted by atomic mass is 16.4. The van der Waals surface area contributed by atoms with Crippen LogP contribution in [0.15, 0.2) is 28.7 Å². The van der Waals surface area contributed by atoms with Gasteiger partial charge in [0.05, 0.1) is 5.92 Å². The average Bonchev–Trinajstić information content (AvgIpc) is 2.95. The summed E-state index contributed by atoms with van der Waals surface area (Å²) in [4.78, 5) is 12.1. The largest absolute Gasteiger partial charge is 0.408 e. The maximum atomic E-state index is 12.1. The van der Waals surface area contributed by atoms with Crippen LogP contribution in [0.3, 0.4) is 0 Å². The standard InChI is InChI=1S/C12H12N4O2/c1-7-15-16-12(18-7)14-11(17)9-6-13-10-5-3-2-4-8(9)10/h2-5,9,13H,6H2,1H3,(H,14,16,17). The number of aromatic nitrogens is 2. The van der Waals surface area contributed by atoms with Crippen LogP contribution in [-0.2, 0) is 4.79 Å². The Hall–Kier alpha value is -2.37. The van der Waals surface area contributed by atoms with Crippen LogP contribution in [0.4, 0.5) is 11.7 Å². The van der Waals surface area contributed by atoms with E-state index in [9.17, 15) is 4.79 Å². The van der Waals surface area contributed by atoms with E-state index in [1.807, 2.05) is 24.3 Å². The van der Waals surface area contributed by atoms with Crippen molar-refractivity contribution in [3.05, 3.63) is 35.7 Å². The zero-order valence-corrected chi connectivity index (χ0v) is 9.80. The molecular weight excluding hydrogens is 232 g/mol. The molecule has 0 bridgehead atoms. The maximum Gasteiger partial charge on any atom is 0.322 e. The number of anilines is 2. The summed E-state index contributed by atoms with van der Waals surface area (Å²) in [5.41, 5.74) is 1.99. The molecule has 1 atom stereocenters. The first-order valence-electron chi connectivity index (χ1n) is 5.68. The van der Waals surface area contributed by atoms with Crippen molar-refractivity contribution in [3.8, 4) is 0 Å². The monoisotopic (exact) mass is 244 g/mol. The van der Waals surface area contributed by atoms with Crippen molar-refractivity contribution < 1.29 is 9.21 Å². The van der Waals surface area contributed by atoms with E-state index in [-0.39, 0.29) is 17.8 Å². The summed E-state index contributed by atoms with van der Waals surface area (Å²) in [6, 6.07) is 7.90. The highest BCUT2D eigenvalue weighted by Crippen LogP contribution is 2.31. The minimum atomic E-state index is -0.228. The minimum absolute atomic E-state index is 0.141. The predicted molar refractivity (Wildman–Crippen MR) is 65.3 cm³/mol. The number of benzene rings is 1. The summed E-state index contributed by atoms with van der Waals surface area (Å²) in [5, 5.41) is 13.2. The smallest absolute Gasteiger partial charge is 0.322 e. The lowest BCUT2D eigenvalue weighted by molar-refractivity contribution is -0.117. The molecule has 1 aliphatic rings. The number of hydrogen-bond donors (Lipinski definition) is 2. The van der Waals surface area contributed by atoms with Gasteiger partial charge in [0.2, 0.25) is 11.8 Å². The Labute approximate surface area is 103 Å². The Morgan fingerprint density at radius 3 is 3.06 bits per heavy atom. The number of para-hydroxylation sites is 1. The van der Waals surface area contributed by atoms with E-state index >= 15 is 0 Å². The Kier molecular flexibility index (Phi) is 2.47. The molecule has 3 rings (SSSR count). The van der Waals surface area contributed by atoms with Crippen LogP contribution in [-0.4, -0.2) is 22.6 Å². The molecule has 1 aromatic heterocycles. The van der Waals surface area contributed by atoms with Crippen LogP contribution in [0, 0.1) is 6.92 Å². The molecule has 92 valence electrons. The highest BCUT2D eigenvalue weighted by molar-refractivity contribution is 5.96. The lowest BCUT2D eigenvalue weighted by Crippen LogP contribution is -2.22. The van der Waals surface area contributed by atoms with Gasteiger partial charge < -0.3 is 9.73 Å². The molecule has 0 saturated heterocycles. The number of fused-ring (bicyclic) bond motifs is 1. The Morgan fingerprint density at radius 2 is 2.28 bits per heavy atom. The lowest BCUT2D eigenvalue weighted by atomic mass is 10.0. The molecule has 1 unspecified atom stereocenters. The van der Waals surface area contributed by atoms with E-state index < -0.39 is 0 Å². The first-order chi connectivity index (χ1) is 8.74. The molecule has 0 fully saturated rings. The van der Waals surface area contributed by atoms with Crippen molar-refractivity contribution in [1.82, 2.24) is 10.2 Å². The summed E-state index contributed by atoms with van der Waals surface area (Å²) in [7, 11) is 0. The lowest BCUT2D eigenvalue weighted by Gasteiger charge is -2.08. The summed E-state index contributed by atoms with van der Waals surface area (Å²) < 4.78 is 5.13. The third kappa shape index (κ3) is 1.81. The van der Waals surface area contributed by atoms with Gasteiger partial charge in [-0.15, -0.1) is 5.10 Å². The molecule has 2 heterocycles. The van der Waals surface area contributed by atoms with Crippen LogP contribution in [0.25, 0.3) is 0 Å². The number of aryl methyl sites for hydroxylation is 1. The number of amides is 1. The van der Waals surface area contributed by atoms with Crippen molar-refractivity contribution in [2.75, 3.05) is 17.2 Å². The molecule has 0 saturated carbocycles. The summed E-state index contributed by atoms with van der Waals surface area (Å²) in [5.74, 6) is 0.0553. The van der Waals surface area contributed by atoms with Gasteiger partial charge in [0, 0.05) is 19.2 Å². The van der Waals surface area contributed by atoms with Crippen molar-refractivity contribution >= 4 is 17.6 Å². The second-order valence-electron chi connectivity index (χ2n) is 4.14. The van der Waals surface area contributed by atoms with E-state index in [4.69, 9.17) is 4.42 Å². The third-order valence-electron chi connectivity index (χ3n) is 2.91. The molecule has 1 aromatic carbocycles. The van der Waals surface area contributed by atoms with Crippen LogP contribution in [0.1, 0.15) is 17.4 Å².